The molecule has 2 rings (SSSR count). The molecule has 0 aliphatic heterocycles. The molecule has 0 amide bonds. The van der Waals surface area contributed by atoms with Crippen LogP contribution in [0.25, 0.3) is 0 Å². The molecule has 1 aliphatic rings. The van der Waals surface area contributed by atoms with Gasteiger partial charge in [0.15, 0.2) is 0 Å². The molecule has 2 nitrogen and oxygen atoms in total. The Bertz CT molecular complexity index is 398. The van der Waals surface area contributed by atoms with Gasteiger partial charge < -0.3 is 10.1 Å². The summed E-state index contributed by atoms with van der Waals surface area (Å²) >= 11 is 0. The van der Waals surface area contributed by atoms with Crippen LogP contribution < -0.4 is 10.1 Å². The predicted octanol–water partition coefficient (Wildman–Crippen LogP) is 4.23. The summed E-state index contributed by atoms with van der Waals surface area (Å²) in [5.41, 5.74) is 2.65. The molecule has 0 heterocycles. The standard InChI is InChI=1S/C17H27NO/c1-4-10-18-16(12-14-6-5-7-14)15-8-9-17(19-3)13(2)11-15/h8-9,11,14,16,18H,4-7,10,12H2,1-3H3. The van der Waals surface area contributed by atoms with Crippen LogP contribution in [0.2, 0.25) is 0 Å². The molecule has 19 heavy (non-hydrogen) atoms. The van der Waals surface area contributed by atoms with E-state index >= 15 is 0 Å². The third kappa shape index (κ3) is 3.73. The van der Waals surface area contributed by atoms with Crippen LogP contribution in [-0.2, 0) is 0 Å². The Morgan fingerprint density at radius 3 is 2.68 bits per heavy atom. The van der Waals surface area contributed by atoms with Gasteiger partial charge in [-0.05, 0) is 49.4 Å². The lowest BCUT2D eigenvalue weighted by Crippen LogP contribution is -2.26. The zero-order chi connectivity index (χ0) is 13.7. The van der Waals surface area contributed by atoms with Crippen LogP contribution in [0, 0.1) is 12.8 Å². The Kier molecular flexibility index (Phi) is 5.26. The second kappa shape index (κ2) is 6.95. The lowest BCUT2D eigenvalue weighted by molar-refractivity contribution is 0.261. The average molecular weight is 261 g/mol. The highest BCUT2D eigenvalue weighted by molar-refractivity contribution is 5.37. The zero-order valence-electron chi connectivity index (χ0n) is 12.5. The summed E-state index contributed by atoms with van der Waals surface area (Å²) in [5, 5.41) is 3.71. The Hall–Kier alpha value is -1.02. The molecule has 106 valence electrons. The van der Waals surface area contributed by atoms with Gasteiger partial charge in [0.2, 0.25) is 0 Å². The van der Waals surface area contributed by atoms with E-state index in [1.807, 2.05) is 0 Å². The second-order valence-electron chi connectivity index (χ2n) is 5.77. The van der Waals surface area contributed by atoms with Crippen LogP contribution in [-0.4, -0.2) is 13.7 Å². The van der Waals surface area contributed by atoms with Crippen molar-refractivity contribution >= 4 is 0 Å². The van der Waals surface area contributed by atoms with Crippen LogP contribution in [0.15, 0.2) is 18.2 Å². The maximum atomic E-state index is 5.35. The van der Waals surface area contributed by atoms with E-state index in [9.17, 15) is 0 Å². The minimum atomic E-state index is 0.509. The van der Waals surface area contributed by atoms with Crippen molar-refractivity contribution in [1.29, 1.82) is 0 Å². The van der Waals surface area contributed by atoms with Crippen molar-refractivity contribution in [2.75, 3.05) is 13.7 Å². The monoisotopic (exact) mass is 261 g/mol. The molecule has 1 unspecified atom stereocenters. The summed E-state index contributed by atoms with van der Waals surface area (Å²) in [4.78, 5) is 0. The van der Waals surface area contributed by atoms with Crippen molar-refractivity contribution in [2.45, 2.75) is 52.0 Å². The Balaban J connectivity index is 2.08. The fraction of sp³-hybridized carbons (Fsp3) is 0.647. The number of benzene rings is 1. The highest BCUT2D eigenvalue weighted by Gasteiger charge is 2.23. The largest absolute Gasteiger partial charge is 0.496 e. The van der Waals surface area contributed by atoms with Gasteiger partial charge in [-0.3, -0.25) is 0 Å². The molecule has 0 saturated heterocycles. The van der Waals surface area contributed by atoms with Crippen LogP contribution in [0.4, 0.5) is 0 Å². The normalized spacial score (nSPS) is 17.0. The molecule has 1 N–H and O–H groups in total. The molecule has 1 fully saturated rings. The quantitative estimate of drug-likeness (QED) is 0.793. The zero-order valence-corrected chi connectivity index (χ0v) is 12.5. The van der Waals surface area contributed by atoms with Gasteiger partial charge in [0, 0.05) is 6.04 Å². The summed E-state index contributed by atoms with van der Waals surface area (Å²) in [7, 11) is 1.74. The van der Waals surface area contributed by atoms with Gasteiger partial charge in [-0.15, -0.1) is 0 Å². The topological polar surface area (TPSA) is 21.3 Å². The van der Waals surface area contributed by atoms with Crippen molar-refractivity contribution in [1.82, 2.24) is 5.32 Å². The predicted molar refractivity (Wildman–Crippen MR) is 80.7 cm³/mol. The lowest BCUT2D eigenvalue weighted by atomic mass is 9.79. The van der Waals surface area contributed by atoms with Crippen molar-refractivity contribution in [3.05, 3.63) is 29.3 Å². The first-order chi connectivity index (χ1) is 9.24. The highest BCUT2D eigenvalue weighted by Crippen LogP contribution is 2.35. The van der Waals surface area contributed by atoms with E-state index in [2.05, 4.69) is 37.4 Å². The SMILES string of the molecule is CCCNC(CC1CCC1)c1ccc(OC)c(C)c1. The summed E-state index contributed by atoms with van der Waals surface area (Å²) in [6.07, 6.45) is 6.73. The number of hydrogen-bond acceptors (Lipinski definition) is 2. The van der Waals surface area contributed by atoms with E-state index in [-0.39, 0.29) is 0 Å². The minimum Gasteiger partial charge on any atom is -0.496 e. The summed E-state index contributed by atoms with van der Waals surface area (Å²) in [6.45, 7) is 5.46. The van der Waals surface area contributed by atoms with Gasteiger partial charge in [-0.2, -0.15) is 0 Å². The third-order valence-corrected chi connectivity index (χ3v) is 4.26. The fourth-order valence-corrected chi connectivity index (χ4v) is 2.84. The average Bonchev–Trinajstić information content (AvgIpc) is 2.37. The highest BCUT2D eigenvalue weighted by atomic mass is 16.5. The maximum Gasteiger partial charge on any atom is 0.121 e. The molecule has 1 atom stereocenters. The number of aryl methyl sites for hydroxylation is 1. The molecule has 1 aromatic carbocycles. The van der Waals surface area contributed by atoms with E-state index in [4.69, 9.17) is 4.74 Å². The van der Waals surface area contributed by atoms with Gasteiger partial charge in [-0.25, -0.2) is 0 Å². The van der Waals surface area contributed by atoms with Crippen molar-refractivity contribution in [3.63, 3.8) is 0 Å². The molecule has 1 saturated carbocycles. The molecule has 2 heteroatoms. The summed E-state index contributed by atoms with van der Waals surface area (Å²) < 4.78 is 5.35. The number of rotatable bonds is 7. The Morgan fingerprint density at radius 2 is 2.16 bits per heavy atom. The van der Waals surface area contributed by atoms with E-state index in [1.54, 1.807) is 7.11 Å². The van der Waals surface area contributed by atoms with Crippen LogP contribution in [0.3, 0.4) is 0 Å². The lowest BCUT2D eigenvalue weighted by Gasteiger charge is -2.30. The van der Waals surface area contributed by atoms with Gasteiger partial charge in [0.25, 0.3) is 0 Å². The minimum absolute atomic E-state index is 0.509. The van der Waals surface area contributed by atoms with Gasteiger partial charge >= 0.3 is 0 Å². The Labute approximate surface area is 117 Å². The summed E-state index contributed by atoms with van der Waals surface area (Å²) in [5.74, 6) is 1.92. The fourth-order valence-electron chi connectivity index (χ4n) is 2.84. The first-order valence-corrected chi connectivity index (χ1v) is 7.62. The first kappa shape index (κ1) is 14.4. The van der Waals surface area contributed by atoms with E-state index < -0.39 is 0 Å². The van der Waals surface area contributed by atoms with Gasteiger partial charge in [0.1, 0.15) is 5.75 Å². The second-order valence-corrected chi connectivity index (χ2v) is 5.77. The number of nitrogens with one attached hydrogen (secondary N) is 1. The smallest absolute Gasteiger partial charge is 0.121 e. The Morgan fingerprint density at radius 1 is 1.37 bits per heavy atom. The van der Waals surface area contributed by atoms with E-state index in [0.29, 0.717) is 6.04 Å². The summed E-state index contributed by atoms with van der Waals surface area (Å²) in [6, 6.07) is 7.11. The number of methoxy groups -OCH3 is 1. The van der Waals surface area contributed by atoms with Gasteiger partial charge in [-0.1, -0.05) is 38.3 Å². The molecule has 0 spiro atoms. The third-order valence-electron chi connectivity index (χ3n) is 4.26. The van der Waals surface area contributed by atoms with Crippen molar-refractivity contribution < 1.29 is 4.74 Å². The van der Waals surface area contributed by atoms with Crippen LogP contribution >= 0.6 is 0 Å². The first-order valence-electron chi connectivity index (χ1n) is 7.62. The molecular weight excluding hydrogens is 234 g/mol. The molecule has 0 bridgehead atoms. The van der Waals surface area contributed by atoms with Crippen molar-refractivity contribution in [2.24, 2.45) is 5.92 Å². The van der Waals surface area contributed by atoms with E-state index in [0.717, 1.165) is 18.2 Å². The van der Waals surface area contributed by atoms with E-state index in [1.165, 1.54) is 43.2 Å². The number of hydrogen-bond donors (Lipinski definition) is 1. The molecule has 1 aromatic rings. The maximum absolute atomic E-state index is 5.35. The molecule has 0 aromatic heterocycles. The molecular formula is C17H27NO. The van der Waals surface area contributed by atoms with Crippen LogP contribution in [0.1, 0.15) is 56.2 Å². The number of ether oxygens (including phenoxy) is 1. The van der Waals surface area contributed by atoms with Crippen LogP contribution in [0.5, 0.6) is 5.75 Å². The van der Waals surface area contributed by atoms with Crippen molar-refractivity contribution in [3.8, 4) is 5.75 Å². The van der Waals surface area contributed by atoms with Gasteiger partial charge in [0.05, 0.1) is 7.11 Å². The molecule has 1 aliphatic carbocycles. The molecule has 0 radical (unpaired) electrons.